The molecule has 0 spiro atoms. The number of morpholine rings is 1. The largest absolute Gasteiger partial charge is 0.378 e. The molecule has 1 fully saturated rings. The zero-order valence-electron chi connectivity index (χ0n) is 16.7. The monoisotopic (exact) mass is 421 g/mol. The van der Waals surface area contributed by atoms with Gasteiger partial charge in [0.2, 0.25) is 0 Å². The molecule has 0 saturated carbocycles. The van der Waals surface area contributed by atoms with E-state index in [0.717, 1.165) is 42.1 Å². The van der Waals surface area contributed by atoms with E-state index in [1.807, 2.05) is 42.5 Å². The number of hydrogen-bond acceptors (Lipinski definition) is 4. The van der Waals surface area contributed by atoms with Gasteiger partial charge in [0.05, 0.1) is 19.4 Å². The molecule has 1 aliphatic carbocycles. The van der Waals surface area contributed by atoms with Gasteiger partial charge in [-0.1, -0.05) is 41.9 Å². The summed E-state index contributed by atoms with van der Waals surface area (Å²) in [7, 11) is 0. The maximum absolute atomic E-state index is 12.2. The molecule has 0 aromatic heterocycles. The van der Waals surface area contributed by atoms with E-state index >= 15 is 0 Å². The highest BCUT2D eigenvalue weighted by Crippen LogP contribution is 2.35. The van der Waals surface area contributed by atoms with Crippen molar-refractivity contribution in [1.82, 2.24) is 10.3 Å². The van der Waals surface area contributed by atoms with Crippen molar-refractivity contribution in [2.45, 2.75) is 12.8 Å². The summed E-state index contributed by atoms with van der Waals surface area (Å²) in [6.45, 7) is 3.13. The fourth-order valence-electron chi connectivity index (χ4n) is 3.75. The van der Waals surface area contributed by atoms with Crippen LogP contribution in [0.25, 0.3) is 6.08 Å². The number of nitrogens with zero attached hydrogens (tertiary/aromatic N) is 2. The molecule has 4 rings (SSSR count). The van der Waals surface area contributed by atoms with Gasteiger partial charge < -0.3 is 9.64 Å². The van der Waals surface area contributed by atoms with Crippen molar-refractivity contribution >= 4 is 29.8 Å². The van der Waals surface area contributed by atoms with Crippen molar-refractivity contribution in [3.05, 3.63) is 87.6 Å². The van der Waals surface area contributed by atoms with E-state index in [1.54, 1.807) is 18.3 Å². The molecular weight excluding hydrogens is 398 g/mol. The number of hydrazone groups is 1. The lowest BCUT2D eigenvalue weighted by molar-refractivity contribution is 0.0548. The number of nitrogens with one attached hydrogen (secondary N) is 1. The minimum Gasteiger partial charge on any atom is -0.378 e. The zero-order chi connectivity index (χ0) is 20.8. The first-order chi connectivity index (χ1) is 14.7. The minimum absolute atomic E-state index is 0.213. The van der Waals surface area contributed by atoms with E-state index in [2.05, 4.69) is 21.5 Å². The van der Waals surface area contributed by atoms with Gasteiger partial charge in [-0.3, -0.25) is 4.79 Å². The zero-order valence-corrected chi connectivity index (χ0v) is 17.4. The molecule has 2 aromatic rings. The van der Waals surface area contributed by atoms with Crippen molar-refractivity contribution in [3.63, 3.8) is 0 Å². The van der Waals surface area contributed by atoms with E-state index in [1.165, 1.54) is 11.3 Å². The highest BCUT2D eigenvalue weighted by atomic mass is 35.5. The molecule has 2 aromatic carbocycles. The molecule has 1 amide bonds. The minimum atomic E-state index is -0.213. The number of benzene rings is 2. The number of rotatable bonds is 5. The number of hydrogen-bond donors (Lipinski definition) is 1. The van der Waals surface area contributed by atoms with Crippen LogP contribution in [-0.4, -0.2) is 43.3 Å². The SMILES string of the molecule is O=C(N/N=C\C1=C(N2CCOCC2)C(=C/c2ccc(Cl)cc2)/CC1)c1ccccc1. The second kappa shape index (κ2) is 9.74. The smallest absolute Gasteiger partial charge is 0.271 e. The molecule has 1 N–H and O–H groups in total. The van der Waals surface area contributed by atoms with E-state index in [0.29, 0.717) is 18.8 Å². The van der Waals surface area contributed by atoms with Gasteiger partial charge in [-0.15, -0.1) is 0 Å². The van der Waals surface area contributed by atoms with Gasteiger partial charge in [-0.05, 0) is 59.9 Å². The standard InChI is InChI=1S/C24H24ClN3O2/c25-22-10-6-18(7-11-22)16-20-8-9-21(23(20)28-12-14-30-15-13-28)17-26-27-24(29)19-4-2-1-3-5-19/h1-7,10-11,16-17H,8-9,12-15H2,(H,27,29)/b20-16+,26-17-. The molecule has 1 aliphatic heterocycles. The first-order valence-corrected chi connectivity index (χ1v) is 10.5. The Kier molecular flexibility index (Phi) is 6.62. The first-order valence-electron chi connectivity index (χ1n) is 10.1. The fraction of sp³-hybridized carbons (Fsp3) is 0.250. The summed E-state index contributed by atoms with van der Waals surface area (Å²) in [5.41, 5.74) is 7.95. The van der Waals surface area contributed by atoms with Crippen LogP contribution in [0.15, 0.2) is 76.5 Å². The summed E-state index contributed by atoms with van der Waals surface area (Å²) in [5, 5.41) is 4.97. The maximum Gasteiger partial charge on any atom is 0.271 e. The van der Waals surface area contributed by atoms with Crippen molar-refractivity contribution in [1.29, 1.82) is 0 Å². The summed E-state index contributed by atoms with van der Waals surface area (Å²) in [5.74, 6) is -0.213. The van der Waals surface area contributed by atoms with Crippen LogP contribution in [0.4, 0.5) is 0 Å². The quantitative estimate of drug-likeness (QED) is 0.570. The van der Waals surface area contributed by atoms with Crippen LogP contribution in [0.1, 0.15) is 28.8 Å². The van der Waals surface area contributed by atoms with Crippen molar-refractivity contribution in [2.24, 2.45) is 5.10 Å². The van der Waals surface area contributed by atoms with Crippen LogP contribution in [0.2, 0.25) is 5.02 Å². The lowest BCUT2D eigenvalue weighted by Crippen LogP contribution is -2.36. The lowest BCUT2D eigenvalue weighted by Gasteiger charge is -2.31. The Bertz CT molecular complexity index is 975. The van der Waals surface area contributed by atoms with Crippen LogP contribution in [0.3, 0.4) is 0 Å². The molecule has 1 saturated heterocycles. The van der Waals surface area contributed by atoms with Crippen molar-refractivity contribution < 1.29 is 9.53 Å². The predicted octanol–water partition coefficient (Wildman–Crippen LogP) is 4.52. The molecule has 6 heteroatoms. The second-order valence-electron chi connectivity index (χ2n) is 7.26. The average Bonchev–Trinajstić information content (AvgIpc) is 3.18. The van der Waals surface area contributed by atoms with Crippen LogP contribution >= 0.6 is 11.6 Å². The van der Waals surface area contributed by atoms with E-state index in [9.17, 15) is 4.79 Å². The average molecular weight is 422 g/mol. The predicted molar refractivity (Wildman–Crippen MR) is 120 cm³/mol. The number of halogens is 1. The van der Waals surface area contributed by atoms with E-state index in [-0.39, 0.29) is 5.91 Å². The third-order valence-corrected chi connectivity index (χ3v) is 5.48. The number of allylic oxidation sites excluding steroid dienone is 2. The maximum atomic E-state index is 12.2. The molecule has 5 nitrogen and oxygen atoms in total. The Morgan fingerprint density at radius 3 is 2.50 bits per heavy atom. The third-order valence-electron chi connectivity index (χ3n) is 5.23. The van der Waals surface area contributed by atoms with Gasteiger partial charge in [0, 0.05) is 29.4 Å². The molecule has 0 bridgehead atoms. The Morgan fingerprint density at radius 2 is 1.77 bits per heavy atom. The lowest BCUT2D eigenvalue weighted by atomic mass is 10.1. The Hall–Kier alpha value is -2.89. The first kappa shape index (κ1) is 20.4. The molecular formula is C24H24ClN3O2. The van der Waals surface area contributed by atoms with Crippen LogP contribution in [0, 0.1) is 0 Å². The van der Waals surface area contributed by atoms with Crippen LogP contribution in [-0.2, 0) is 4.74 Å². The fourth-order valence-corrected chi connectivity index (χ4v) is 3.88. The number of ether oxygens (including phenoxy) is 1. The van der Waals surface area contributed by atoms with E-state index in [4.69, 9.17) is 16.3 Å². The topological polar surface area (TPSA) is 53.9 Å². The van der Waals surface area contributed by atoms with Gasteiger partial charge in [-0.25, -0.2) is 5.43 Å². The number of amides is 1. The Balaban J connectivity index is 1.57. The molecule has 30 heavy (non-hydrogen) atoms. The van der Waals surface area contributed by atoms with Gasteiger partial charge in [0.1, 0.15) is 0 Å². The summed E-state index contributed by atoms with van der Waals surface area (Å²) in [6.07, 6.45) is 5.82. The van der Waals surface area contributed by atoms with Gasteiger partial charge in [0.25, 0.3) is 5.91 Å². The molecule has 0 radical (unpaired) electrons. The Morgan fingerprint density at radius 1 is 1.03 bits per heavy atom. The molecule has 0 unspecified atom stereocenters. The molecule has 154 valence electrons. The van der Waals surface area contributed by atoms with Crippen molar-refractivity contribution in [2.75, 3.05) is 26.3 Å². The molecule has 1 heterocycles. The summed E-state index contributed by atoms with van der Waals surface area (Å²) < 4.78 is 5.53. The highest BCUT2D eigenvalue weighted by Gasteiger charge is 2.25. The second-order valence-corrected chi connectivity index (χ2v) is 7.70. The summed E-state index contributed by atoms with van der Waals surface area (Å²) >= 11 is 6.02. The number of carbonyl (C=O) groups excluding carboxylic acids is 1. The normalized spacial score (nSPS) is 18.4. The summed E-state index contributed by atoms with van der Waals surface area (Å²) in [6, 6.07) is 17.0. The van der Waals surface area contributed by atoms with Gasteiger partial charge in [-0.2, -0.15) is 5.10 Å². The number of carbonyl (C=O) groups is 1. The van der Waals surface area contributed by atoms with Crippen LogP contribution < -0.4 is 5.43 Å². The Labute approximate surface area is 181 Å². The van der Waals surface area contributed by atoms with E-state index < -0.39 is 0 Å². The van der Waals surface area contributed by atoms with Gasteiger partial charge >= 0.3 is 0 Å². The van der Waals surface area contributed by atoms with Gasteiger partial charge in [0.15, 0.2) is 0 Å². The van der Waals surface area contributed by atoms with Crippen LogP contribution in [0.5, 0.6) is 0 Å². The summed E-state index contributed by atoms with van der Waals surface area (Å²) in [4.78, 5) is 14.6. The van der Waals surface area contributed by atoms with Crippen molar-refractivity contribution in [3.8, 4) is 0 Å². The molecule has 2 aliphatic rings. The molecule has 0 atom stereocenters. The highest BCUT2D eigenvalue weighted by molar-refractivity contribution is 6.30. The third kappa shape index (κ3) is 4.99.